The highest BCUT2D eigenvalue weighted by atomic mass is 32.2. The van der Waals surface area contributed by atoms with Gasteiger partial charge in [-0.15, -0.1) is 18.3 Å². The highest BCUT2D eigenvalue weighted by Crippen LogP contribution is 2.11. The molecule has 140 valence electrons. The number of rotatable bonds is 11. The van der Waals surface area contributed by atoms with Crippen molar-refractivity contribution in [2.45, 2.75) is 37.8 Å². The predicted octanol–water partition coefficient (Wildman–Crippen LogP) is 2.12. The van der Waals surface area contributed by atoms with Gasteiger partial charge in [-0.2, -0.15) is 8.99 Å². The second kappa shape index (κ2) is 10.1. The van der Waals surface area contributed by atoms with Gasteiger partial charge in [0.25, 0.3) is 15.2 Å². The van der Waals surface area contributed by atoms with Gasteiger partial charge in [0.2, 0.25) is 0 Å². The Morgan fingerprint density at radius 1 is 1.24 bits per heavy atom. The molecule has 0 atom stereocenters. The van der Waals surface area contributed by atoms with Gasteiger partial charge in [-0.3, -0.25) is 0 Å². The number of sulfonamides is 1. The van der Waals surface area contributed by atoms with E-state index in [0.29, 0.717) is 19.6 Å². The quantitative estimate of drug-likeness (QED) is 0.440. The van der Waals surface area contributed by atoms with E-state index in [2.05, 4.69) is 30.2 Å². The topological polar surface area (TPSA) is 88.4 Å². The van der Waals surface area contributed by atoms with Gasteiger partial charge < -0.3 is 4.90 Å². The summed E-state index contributed by atoms with van der Waals surface area (Å²) in [5, 5.41) is 3.47. The number of nitrogens with zero attached hydrogens (tertiary/aromatic N) is 5. The molecule has 1 heterocycles. The van der Waals surface area contributed by atoms with E-state index in [4.69, 9.17) is 0 Å². The number of unbranched alkanes of at least 4 members (excludes halogenated alkanes) is 3. The van der Waals surface area contributed by atoms with Gasteiger partial charge in [0.1, 0.15) is 6.33 Å². The van der Waals surface area contributed by atoms with Crippen LogP contribution in [-0.2, 0) is 10.0 Å². The Morgan fingerprint density at radius 2 is 1.88 bits per heavy atom. The number of carbonyl (C=O) groups is 1. The summed E-state index contributed by atoms with van der Waals surface area (Å²) in [6, 6.07) is -0.487. The molecule has 1 aromatic heterocycles. The SMILES string of the molecule is C=CCN(CC=C)C(=O)n1cnc(S(=O)(=O)N(C)CCCCCC)n1. The van der Waals surface area contributed by atoms with E-state index < -0.39 is 16.1 Å². The first-order valence-corrected chi connectivity index (χ1v) is 9.71. The zero-order chi connectivity index (χ0) is 18.9. The lowest BCUT2D eigenvalue weighted by atomic mass is 10.2. The Kier molecular flexibility index (Phi) is 8.50. The average molecular weight is 369 g/mol. The highest BCUT2D eigenvalue weighted by Gasteiger charge is 2.26. The van der Waals surface area contributed by atoms with Gasteiger partial charge in [0, 0.05) is 26.7 Å². The normalized spacial score (nSPS) is 11.5. The van der Waals surface area contributed by atoms with Crippen molar-refractivity contribution >= 4 is 16.1 Å². The van der Waals surface area contributed by atoms with Gasteiger partial charge in [0.15, 0.2) is 0 Å². The fourth-order valence-electron chi connectivity index (χ4n) is 2.17. The van der Waals surface area contributed by atoms with Gasteiger partial charge in [-0.1, -0.05) is 38.3 Å². The average Bonchev–Trinajstić information content (AvgIpc) is 3.08. The van der Waals surface area contributed by atoms with Crippen LogP contribution in [0.5, 0.6) is 0 Å². The van der Waals surface area contributed by atoms with Crippen LogP contribution in [0.15, 0.2) is 36.8 Å². The van der Waals surface area contributed by atoms with Crippen LogP contribution in [0.1, 0.15) is 32.6 Å². The summed E-state index contributed by atoms with van der Waals surface area (Å²) < 4.78 is 27.1. The van der Waals surface area contributed by atoms with E-state index in [1.807, 2.05) is 0 Å². The minimum Gasteiger partial charge on any atom is -0.315 e. The molecule has 0 aliphatic heterocycles. The number of hydrogen-bond donors (Lipinski definition) is 0. The molecule has 0 N–H and O–H groups in total. The van der Waals surface area contributed by atoms with Gasteiger partial charge in [0.05, 0.1) is 0 Å². The van der Waals surface area contributed by atoms with Crippen molar-refractivity contribution in [1.29, 1.82) is 0 Å². The second-order valence-corrected chi connectivity index (χ2v) is 7.56. The molecule has 0 saturated carbocycles. The fourth-order valence-corrected chi connectivity index (χ4v) is 3.19. The Balaban J connectivity index is 2.85. The summed E-state index contributed by atoms with van der Waals surface area (Å²) in [5.74, 6) is 0. The Bertz CT molecular complexity index is 674. The van der Waals surface area contributed by atoms with Crippen LogP contribution in [0.3, 0.4) is 0 Å². The van der Waals surface area contributed by atoms with Crippen LogP contribution in [0, 0.1) is 0 Å². The first kappa shape index (κ1) is 21.0. The van der Waals surface area contributed by atoms with Crippen LogP contribution in [0.25, 0.3) is 0 Å². The molecule has 0 spiro atoms. The third kappa shape index (κ3) is 5.79. The second-order valence-electron chi connectivity index (χ2n) is 5.62. The maximum absolute atomic E-state index is 12.5. The smallest absolute Gasteiger partial charge is 0.315 e. The maximum Gasteiger partial charge on any atom is 0.346 e. The lowest BCUT2D eigenvalue weighted by Gasteiger charge is -2.18. The summed E-state index contributed by atoms with van der Waals surface area (Å²) in [6.07, 6.45) is 8.14. The predicted molar refractivity (Wildman–Crippen MR) is 96.7 cm³/mol. The number of hydrogen-bond acceptors (Lipinski definition) is 5. The molecule has 0 aliphatic carbocycles. The molecule has 8 nitrogen and oxygen atoms in total. The fraction of sp³-hybridized carbons (Fsp3) is 0.562. The summed E-state index contributed by atoms with van der Waals surface area (Å²) in [6.45, 7) is 10.3. The molecule has 25 heavy (non-hydrogen) atoms. The Labute approximate surface area is 149 Å². The van der Waals surface area contributed by atoms with E-state index in [1.165, 1.54) is 16.3 Å². The molecule has 1 rings (SSSR count). The first-order valence-electron chi connectivity index (χ1n) is 8.27. The standard InChI is InChI=1S/C16H27N5O3S/c1-5-8-9-10-13-19(4)25(23,24)15-17-14-21(18-15)16(22)20(11-6-2)12-7-3/h6-7,14H,2-3,5,8-13H2,1,4H3. The van der Waals surface area contributed by atoms with Crippen molar-refractivity contribution < 1.29 is 13.2 Å². The third-order valence-corrected chi connectivity index (χ3v) is 5.26. The lowest BCUT2D eigenvalue weighted by molar-refractivity contribution is 0.206. The van der Waals surface area contributed by atoms with Crippen molar-refractivity contribution in [3.8, 4) is 0 Å². The number of aromatic nitrogens is 3. The van der Waals surface area contributed by atoms with E-state index in [1.54, 1.807) is 12.2 Å². The van der Waals surface area contributed by atoms with Crippen molar-refractivity contribution in [3.63, 3.8) is 0 Å². The zero-order valence-electron chi connectivity index (χ0n) is 15.0. The molecule has 0 saturated heterocycles. The van der Waals surface area contributed by atoms with Crippen LogP contribution in [0.2, 0.25) is 0 Å². The summed E-state index contributed by atoms with van der Waals surface area (Å²) in [4.78, 5) is 17.6. The van der Waals surface area contributed by atoms with Crippen molar-refractivity contribution in [1.82, 2.24) is 24.0 Å². The van der Waals surface area contributed by atoms with E-state index >= 15 is 0 Å². The monoisotopic (exact) mass is 369 g/mol. The summed E-state index contributed by atoms with van der Waals surface area (Å²) in [5.41, 5.74) is 0. The molecular formula is C16H27N5O3S. The van der Waals surface area contributed by atoms with Crippen LogP contribution < -0.4 is 0 Å². The first-order chi connectivity index (χ1) is 11.9. The zero-order valence-corrected chi connectivity index (χ0v) is 15.8. The minimum absolute atomic E-state index is 0.296. The molecule has 1 aromatic rings. The van der Waals surface area contributed by atoms with Gasteiger partial charge in [-0.05, 0) is 6.42 Å². The highest BCUT2D eigenvalue weighted by molar-refractivity contribution is 7.88. The Morgan fingerprint density at radius 3 is 2.44 bits per heavy atom. The van der Waals surface area contributed by atoms with Crippen LogP contribution >= 0.6 is 0 Å². The molecule has 0 bridgehead atoms. The third-order valence-electron chi connectivity index (χ3n) is 3.60. The van der Waals surface area contributed by atoms with Gasteiger partial charge >= 0.3 is 6.03 Å². The largest absolute Gasteiger partial charge is 0.346 e. The van der Waals surface area contributed by atoms with Crippen molar-refractivity contribution in [2.75, 3.05) is 26.7 Å². The molecule has 0 aliphatic rings. The summed E-state index contributed by atoms with van der Waals surface area (Å²) in [7, 11) is -2.32. The number of carbonyl (C=O) groups excluding carboxylic acids is 1. The molecule has 0 unspecified atom stereocenters. The van der Waals surface area contributed by atoms with E-state index in [0.717, 1.165) is 36.7 Å². The molecule has 1 amide bonds. The summed E-state index contributed by atoms with van der Waals surface area (Å²) >= 11 is 0. The van der Waals surface area contributed by atoms with Crippen LogP contribution in [0.4, 0.5) is 4.79 Å². The Hall–Kier alpha value is -2.00. The molecule has 0 aromatic carbocycles. The van der Waals surface area contributed by atoms with E-state index in [-0.39, 0.29) is 5.16 Å². The molecule has 9 heteroatoms. The van der Waals surface area contributed by atoms with Crippen molar-refractivity contribution in [2.24, 2.45) is 0 Å². The van der Waals surface area contributed by atoms with Gasteiger partial charge in [-0.25, -0.2) is 18.2 Å². The minimum atomic E-state index is -3.81. The van der Waals surface area contributed by atoms with Crippen LogP contribution in [-0.4, -0.2) is 65.1 Å². The van der Waals surface area contributed by atoms with E-state index in [9.17, 15) is 13.2 Å². The molecular weight excluding hydrogens is 342 g/mol. The molecule has 0 fully saturated rings. The maximum atomic E-state index is 12.5. The van der Waals surface area contributed by atoms with Crippen molar-refractivity contribution in [3.05, 3.63) is 31.6 Å². The number of amides is 1. The lowest BCUT2D eigenvalue weighted by Crippen LogP contribution is -2.35. The molecule has 0 radical (unpaired) electrons.